The number of hydrogen-bond donors (Lipinski definition) is 0. The lowest BCUT2D eigenvalue weighted by Gasteiger charge is -2.07. The summed E-state index contributed by atoms with van der Waals surface area (Å²) >= 11 is 0. The SMILES string of the molecule is CCc1cnc(CC(F)(F)F)n1C. The molecule has 0 aliphatic carbocycles. The van der Waals surface area contributed by atoms with Gasteiger partial charge in [-0.15, -0.1) is 0 Å². The maximum atomic E-state index is 12.0. The van der Waals surface area contributed by atoms with E-state index in [-0.39, 0.29) is 5.82 Å². The van der Waals surface area contributed by atoms with Crippen molar-refractivity contribution in [2.24, 2.45) is 7.05 Å². The molecule has 0 aliphatic rings. The molecule has 1 heterocycles. The summed E-state index contributed by atoms with van der Waals surface area (Å²) in [5, 5.41) is 0. The van der Waals surface area contributed by atoms with Gasteiger partial charge in [0.05, 0.1) is 0 Å². The van der Waals surface area contributed by atoms with Gasteiger partial charge in [0.15, 0.2) is 0 Å². The van der Waals surface area contributed by atoms with E-state index in [2.05, 4.69) is 4.98 Å². The van der Waals surface area contributed by atoms with Crippen molar-refractivity contribution in [1.82, 2.24) is 9.55 Å². The van der Waals surface area contributed by atoms with Crippen LogP contribution in [0.5, 0.6) is 0 Å². The zero-order valence-corrected chi connectivity index (χ0v) is 7.52. The van der Waals surface area contributed by atoms with Crippen LogP contribution in [0.15, 0.2) is 6.20 Å². The fraction of sp³-hybridized carbons (Fsp3) is 0.625. The Bertz CT molecular complexity index is 288. The van der Waals surface area contributed by atoms with Crippen LogP contribution in [0.1, 0.15) is 18.4 Å². The summed E-state index contributed by atoms with van der Waals surface area (Å²) in [5.74, 6) is 0.0735. The van der Waals surface area contributed by atoms with Crippen molar-refractivity contribution in [3.05, 3.63) is 17.7 Å². The van der Waals surface area contributed by atoms with E-state index in [1.165, 1.54) is 10.8 Å². The maximum Gasteiger partial charge on any atom is 0.396 e. The number of halogens is 3. The summed E-state index contributed by atoms with van der Waals surface area (Å²) in [6.45, 7) is 1.88. The lowest BCUT2D eigenvalue weighted by molar-refractivity contribution is -0.128. The molecular weight excluding hydrogens is 181 g/mol. The van der Waals surface area contributed by atoms with E-state index in [1.807, 2.05) is 6.92 Å². The van der Waals surface area contributed by atoms with E-state index in [0.717, 1.165) is 5.69 Å². The van der Waals surface area contributed by atoms with Crippen molar-refractivity contribution in [3.63, 3.8) is 0 Å². The van der Waals surface area contributed by atoms with Crippen LogP contribution >= 0.6 is 0 Å². The number of aromatic nitrogens is 2. The third-order valence-electron chi connectivity index (χ3n) is 1.90. The molecule has 1 rings (SSSR count). The number of hydrogen-bond acceptors (Lipinski definition) is 1. The number of nitrogens with zero attached hydrogens (tertiary/aromatic N) is 2. The van der Waals surface area contributed by atoms with E-state index in [0.29, 0.717) is 6.42 Å². The first-order valence-corrected chi connectivity index (χ1v) is 4.00. The maximum absolute atomic E-state index is 12.0. The molecule has 1 aromatic heterocycles. The zero-order chi connectivity index (χ0) is 10.1. The number of alkyl halides is 3. The molecule has 0 aromatic carbocycles. The fourth-order valence-corrected chi connectivity index (χ4v) is 1.16. The van der Waals surface area contributed by atoms with Gasteiger partial charge < -0.3 is 4.57 Å². The highest BCUT2D eigenvalue weighted by Gasteiger charge is 2.30. The molecule has 0 saturated heterocycles. The molecule has 0 bridgehead atoms. The molecule has 0 spiro atoms. The quantitative estimate of drug-likeness (QED) is 0.701. The van der Waals surface area contributed by atoms with Crippen LogP contribution in [0.2, 0.25) is 0 Å². The van der Waals surface area contributed by atoms with E-state index >= 15 is 0 Å². The molecule has 0 radical (unpaired) electrons. The predicted molar refractivity (Wildman–Crippen MR) is 42.3 cm³/mol. The molecule has 2 nitrogen and oxygen atoms in total. The number of imidazole rings is 1. The Balaban J connectivity index is 2.84. The van der Waals surface area contributed by atoms with Crippen LogP contribution < -0.4 is 0 Å². The van der Waals surface area contributed by atoms with E-state index in [9.17, 15) is 13.2 Å². The van der Waals surface area contributed by atoms with E-state index < -0.39 is 12.6 Å². The summed E-state index contributed by atoms with van der Waals surface area (Å²) in [5.41, 5.74) is 0.819. The first kappa shape index (κ1) is 10.1. The second-order valence-corrected chi connectivity index (χ2v) is 2.87. The molecule has 74 valence electrons. The van der Waals surface area contributed by atoms with Gasteiger partial charge in [-0.2, -0.15) is 13.2 Å². The average Bonchev–Trinajstić information content (AvgIpc) is 2.30. The summed E-state index contributed by atoms with van der Waals surface area (Å²) in [7, 11) is 1.60. The summed E-state index contributed by atoms with van der Waals surface area (Å²) in [6, 6.07) is 0. The number of aryl methyl sites for hydroxylation is 1. The Hall–Kier alpha value is -1.00. The molecule has 0 saturated carbocycles. The average molecular weight is 192 g/mol. The van der Waals surface area contributed by atoms with Crippen molar-refractivity contribution in [1.29, 1.82) is 0 Å². The van der Waals surface area contributed by atoms with Crippen LogP contribution in [0.25, 0.3) is 0 Å². The molecule has 0 atom stereocenters. The van der Waals surface area contributed by atoms with Gasteiger partial charge in [-0.25, -0.2) is 4.98 Å². The van der Waals surface area contributed by atoms with Crippen molar-refractivity contribution in [2.75, 3.05) is 0 Å². The highest BCUT2D eigenvalue weighted by Crippen LogP contribution is 2.20. The van der Waals surface area contributed by atoms with Crippen LogP contribution in [0.3, 0.4) is 0 Å². The molecule has 0 aliphatic heterocycles. The normalized spacial score (nSPS) is 12.1. The van der Waals surface area contributed by atoms with E-state index in [4.69, 9.17) is 0 Å². The largest absolute Gasteiger partial charge is 0.396 e. The minimum Gasteiger partial charge on any atom is -0.335 e. The zero-order valence-electron chi connectivity index (χ0n) is 7.52. The van der Waals surface area contributed by atoms with Crippen LogP contribution in [-0.2, 0) is 19.9 Å². The third-order valence-corrected chi connectivity index (χ3v) is 1.90. The van der Waals surface area contributed by atoms with Gasteiger partial charge in [0.2, 0.25) is 0 Å². The molecule has 0 fully saturated rings. The summed E-state index contributed by atoms with van der Waals surface area (Å²) < 4.78 is 37.4. The van der Waals surface area contributed by atoms with Crippen molar-refractivity contribution in [3.8, 4) is 0 Å². The second-order valence-electron chi connectivity index (χ2n) is 2.87. The van der Waals surface area contributed by atoms with Crippen LogP contribution in [0.4, 0.5) is 13.2 Å². The Morgan fingerprint density at radius 2 is 2.08 bits per heavy atom. The van der Waals surface area contributed by atoms with Gasteiger partial charge >= 0.3 is 6.18 Å². The standard InChI is InChI=1S/C8H11F3N2/c1-3-6-5-12-7(13(6)2)4-8(9,10)11/h5H,3-4H2,1-2H3. The first-order valence-electron chi connectivity index (χ1n) is 4.00. The predicted octanol–water partition coefficient (Wildman–Crippen LogP) is 2.09. The Labute approximate surface area is 74.4 Å². The highest BCUT2D eigenvalue weighted by atomic mass is 19.4. The lowest BCUT2D eigenvalue weighted by atomic mass is 10.3. The molecule has 13 heavy (non-hydrogen) atoms. The molecule has 0 N–H and O–H groups in total. The third kappa shape index (κ3) is 2.47. The molecule has 0 amide bonds. The smallest absolute Gasteiger partial charge is 0.335 e. The molecular formula is C8H11F3N2. The van der Waals surface area contributed by atoms with Gasteiger partial charge in [-0.05, 0) is 6.42 Å². The highest BCUT2D eigenvalue weighted by molar-refractivity contribution is 5.05. The minimum atomic E-state index is -4.18. The Morgan fingerprint density at radius 3 is 2.46 bits per heavy atom. The van der Waals surface area contributed by atoms with Crippen molar-refractivity contribution in [2.45, 2.75) is 25.9 Å². The Kier molecular flexibility index (Phi) is 2.63. The van der Waals surface area contributed by atoms with Crippen LogP contribution in [-0.4, -0.2) is 15.7 Å². The monoisotopic (exact) mass is 192 g/mol. The fourth-order valence-electron chi connectivity index (χ4n) is 1.16. The first-order chi connectivity index (χ1) is 5.94. The second kappa shape index (κ2) is 3.40. The minimum absolute atomic E-state index is 0.0735. The topological polar surface area (TPSA) is 17.8 Å². The van der Waals surface area contributed by atoms with E-state index in [1.54, 1.807) is 7.05 Å². The van der Waals surface area contributed by atoms with Gasteiger partial charge in [-0.3, -0.25) is 0 Å². The van der Waals surface area contributed by atoms with Crippen molar-refractivity contribution < 1.29 is 13.2 Å². The summed E-state index contributed by atoms with van der Waals surface area (Å²) in [4.78, 5) is 3.71. The number of rotatable bonds is 2. The van der Waals surface area contributed by atoms with Gasteiger partial charge in [0.25, 0.3) is 0 Å². The van der Waals surface area contributed by atoms with Gasteiger partial charge in [0, 0.05) is 18.9 Å². The van der Waals surface area contributed by atoms with Crippen LogP contribution in [0, 0.1) is 0 Å². The van der Waals surface area contributed by atoms with Crippen molar-refractivity contribution >= 4 is 0 Å². The molecule has 0 unspecified atom stereocenters. The van der Waals surface area contributed by atoms with Gasteiger partial charge in [-0.1, -0.05) is 6.92 Å². The summed E-state index contributed by atoms with van der Waals surface area (Å²) in [6.07, 6.45) is -2.95. The molecule has 1 aromatic rings. The lowest BCUT2D eigenvalue weighted by Crippen LogP contribution is -2.15. The molecule has 5 heteroatoms. The Morgan fingerprint density at radius 1 is 1.46 bits per heavy atom. The van der Waals surface area contributed by atoms with Gasteiger partial charge in [0.1, 0.15) is 12.2 Å².